The van der Waals surface area contributed by atoms with Crippen molar-refractivity contribution in [3.63, 3.8) is 0 Å². The smallest absolute Gasteiger partial charge is 0 e. The molecule has 0 aromatic heterocycles. The van der Waals surface area contributed by atoms with E-state index in [1.807, 2.05) is 97.2 Å². The van der Waals surface area contributed by atoms with Crippen LogP contribution in [0.4, 0.5) is 0 Å². The van der Waals surface area contributed by atoms with E-state index in [1.165, 1.54) is 0 Å². The van der Waals surface area contributed by atoms with E-state index in [0.29, 0.717) is 0 Å². The Hall–Kier alpha value is 0.933. The minimum Gasteiger partial charge on any atom is -0.0623 e. The van der Waals surface area contributed by atoms with Gasteiger partial charge in [0.1, 0.15) is 0 Å². The first kappa shape index (κ1) is 21.2. The Kier molecular flexibility index (Phi) is 21.2. The molecule has 2 rings (SSSR count). The zero-order valence-corrected chi connectivity index (χ0v) is 17.0. The number of hydrogen-bond acceptors (Lipinski definition) is 0. The van der Waals surface area contributed by atoms with Gasteiger partial charge in [-0.1, -0.05) is 97.2 Å². The van der Waals surface area contributed by atoms with Gasteiger partial charge in [-0.15, -0.1) is 0 Å². The monoisotopic (exact) mass is 387 g/mol. The molecule has 0 amide bonds. The molecule has 1 radical (unpaired) electrons. The molecule has 85 valence electrons. The molecule has 2 aliphatic rings. The van der Waals surface area contributed by atoms with Gasteiger partial charge in [-0.2, -0.15) is 0 Å². The molecular formula is C16H16CeK. The summed E-state index contributed by atoms with van der Waals surface area (Å²) in [6.07, 6.45) is 32.0. The summed E-state index contributed by atoms with van der Waals surface area (Å²) in [7, 11) is 0. The van der Waals surface area contributed by atoms with E-state index in [4.69, 9.17) is 0 Å². The van der Waals surface area contributed by atoms with Gasteiger partial charge in [-0.05, 0) is 0 Å². The van der Waals surface area contributed by atoms with Crippen molar-refractivity contribution in [1.29, 1.82) is 0 Å². The van der Waals surface area contributed by atoms with E-state index >= 15 is 0 Å². The Bertz CT molecular complexity index is 253. The van der Waals surface area contributed by atoms with Gasteiger partial charge < -0.3 is 0 Å². The average Bonchev–Trinajstić information content (AvgIpc) is 2.15. The van der Waals surface area contributed by atoms with Gasteiger partial charge in [0, 0.05) is 93.1 Å². The Morgan fingerprint density at radius 2 is 0.278 bits per heavy atom. The topological polar surface area (TPSA) is 0 Å². The molecule has 0 aromatic rings. The minimum absolute atomic E-state index is 0. The third-order valence-electron chi connectivity index (χ3n) is 1.78. The number of rotatable bonds is 0. The molecule has 0 heterocycles. The van der Waals surface area contributed by atoms with Crippen molar-refractivity contribution in [3.05, 3.63) is 97.2 Å². The van der Waals surface area contributed by atoms with Crippen LogP contribution in [0, 0.1) is 41.7 Å². The summed E-state index contributed by atoms with van der Waals surface area (Å²) in [5, 5.41) is 0. The van der Waals surface area contributed by atoms with Crippen molar-refractivity contribution in [2.75, 3.05) is 0 Å². The van der Waals surface area contributed by atoms with Crippen LogP contribution in [0.2, 0.25) is 0 Å². The second-order valence-corrected chi connectivity index (χ2v) is 3.08. The summed E-state index contributed by atoms with van der Waals surface area (Å²) in [5.74, 6) is 0. The summed E-state index contributed by atoms with van der Waals surface area (Å²) in [5.41, 5.74) is 0. The zero-order valence-electron chi connectivity index (χ0n) is 10.7. The van der Waals surface area contributed by atoms with Crippen LogP contribution in [0.5, 0.6) is 0 Å². The summed E-state index contributed by atoms with van der Waals surface area (Å²) < 4.78 is 0. The quantitative estimate of drug-likeness (QED) is 0.550. The second-order valence-electron chi connectivity index (χ2n) is 3.08. The molecule has 0 fully saturated rings. The summed E-state index contributed by atoms with van der Waals surface area (Å²) in [6, 6.07) is 0. The Morgan fingerprint density at radius 1 is 0.222 bits per heavy atom. The summed E-state index contributed by atoms with van der Waals surface area (Å²) >= 11 is 0. The van der Waals surface area contributed by atoms with Crippen LogP contribution >= 0.6 is 0 Å². The van der Waals surface area contributed by atoms with E-state index < -0.39 is 0 Å². The van der Waals surface area contributed by atoms with Gasteiger partial charge in [0.15, 0.2) is 0 Å². The van der Waals surface area contributed by atoms with Crippen molar-refractivity contribution in [2.45, 2.75) is 0 Å². The molecule has 0 aromatic carbocycles. The molecule has 0 saturated carbocycles. The second kappa shape index (κ2) is 17.9. The van der Waals surface area contributed by atoms with Crippen LogP contribution in [0.15, 0.2) is 97.2 Å². The maximum Gasteiger partial charge on any atom is 0 e. The van der Waals surface area contributed by atoms with Crippen molar-refractivity contribution in [1.82, 2.24) is 0 Å². The van der Waals surface area contributed by atoms with E-state index in [-0.39, 0.29) is 93.1 Å². The SMILES string of the molecule is C1=C\C=C/C=C\C=C/1.C1=C\C=C/C=C\C=C/1.[Ce].[K]. The Balaban J connectivity index is 0. The van der Waals surface area contributed by atoms with Crippen LogP contribution in [-0.2, 0) is 0 Å². The van der Waals surface area contributed by atoms with Gasteiger partial charge in [0.2, 0.25) is 0 Å². The molecular weight excluding hydrogens is 371 g/mol. The Morgan fingerprint density at radius 3 is 0.333 bits per heavy atom. The predicted molar refractivity (Wildman–Crippen MR) is 78.9 cm³/mol. The van der Waals surface area contributed by atoms with Crippen molar-refractivity contribution >= 4 is 51.4 Å². The molecule has 0 atom stereocenters. The molecule has 18 heavy (non-hydrogen) atoms. The van der Waals surface area contributed by atoms with Crippen LogP contribution in [-0.4, -0.2) is 51.4 Å². The third-order valence-corrected chi connectivity index (χ3v) is 1.78. The van der Waals surface area contributed by atoms with Crippen LogP contribution in [0.3, 0.4) is 0 Å². The fourth-order valence-corrected chi connectivity index (χ4v) is 1.03. The van der Waals surface area contributed by atoms with E-state index in [2.05, 4.69) is 0 Å². The van der Waals surface area contributed by atoms with Gasteiger partial charge in [-0.3, -0.25) is 0 Å². The molecule has 0 spiro atoms. The van der Waals surface area contributed by atoms with Crippen molar-refractivity contribution < 1.29 is 41.7 Å². The molecule has 0 unspecified atom stereocenters. The van der Waals surface area contributed by atoms with Gasteiger partial charge in [0.25, 0.3) is 0 Å². The third kappa shape index (κ3) is 15.0. The van der Waals surface area contributed by atoms with Gasteiger partial charge in [-0.25, -0.2) is 0 Å². The van der Waals surface area contributed by atoms with E-state index in [0.717, 1.165) is 0 Å². The standard InChI is InChI=1S/2C8H8.Ce.K/c2*1-2-4-6-8-7-5-3-1;;/h2*1-8H;;/b2*2-1-,3-1?,4-2?,5-3-,6-4-,7-5?,8-6?,8-7-;;. The number of hydrogen-bond donors (Lipinski definition) is 0. The summed E-state index contributed by atoms with van der Waals surface area (Å²) in [6.45, 7) is 0. The van der Waals surface area contributed by atoms with Crippen molar-refractivity contribution in [3.8, 4) is 0 Å². The molecule has 0 N–H and O–H groups in total. The largest absolute Gasteiger partial charge is 0.0623 e. The number of allylic oxidation sites excluding steroid dienone is 16. The molecule has 2 heteroatoms. The minimum atomic E-state index is 0. The Labute approximate surface area is 186 Å². The maximum atomic E-state index is 2.00. The molecule has 0 nitrogen and oxygen atoms in total. The fourth-order valence-electron chi connectivity index (χ4n) is 1.03. The first-order chi connectivity index (χ1) is 8.00. The first-order valence-corrected chi connectivity index (χ1v) is 5.33. The first-order valence-electron chi connectivity index (χ1n) is 5.33. The maximum absolute atomic E-state index is 2.00. The molecule has 0 aliphatic heterocycles. The van der Waals surface area contributed by atoms with E-state index in [9.17, 15) is 0 Å². The fraction of sp³-hybridized carbons (Fsp3) is 0. The van der Waals surface area contributed by atoms with Crippen LogP contribution in [0.1, 0.15) is 0 Å². The van der Waals surface area contributed by atoms with Crippen LogP contribution < -0.4 is 0 Å². The molecule has 0 bridgehead atoms. The predicted octanol–water partition coefficient (Wildman–Crippen LogP) is 4.07. The average molecular weight is 388 g/mol. The zero-order chi connectivity index (χ0) is 11.3. The van der Waals surface area contributed by atoms with E-state index in [1.54, 1.807) is 0 Å². The van der Waals surface area contributed by atoms with Gasteiger partial charge in [0.05, 0.1) is 0 Å². The van der Waals surface area contributed by atoms with Crippen molar-refractivity contribution in [2.24, 2.45) is 0 Å². The normalized spacial score (nSPS) is 28.4. The summed E-state index contributed by atoms with van der Waals surface area (Å²) in [4.78, 5) is 0. The van der Waals surface area contributed by atoms with Crippen LogP contribution in [0.25, 0.3) is 0 Å². The molecule has 2 aliphatic carbocycles. The van der Waals surface area contributed by atoms with Gasteiger partial charge >= 0.3 is 0 Å². The molecule has 0 saturated heterocycles.